The van der Waals surface area contributed by atoms with E-state index in [-0.39, 0.29) is 117 Å². The van der Waals surface area contributed by atoms with Crippen molar-refractivity contribution in [2.75, 3.05) is 20.3 Å². The smallest absolute Gasteiger partial charge is 0.193 e. The molecule has 4 fully saturated rings. The van der Waals surface area contributed by atoms with Crippen LogP contribution in [-0.2, 0) is 50.6 Å². The number of rotatable bonds is 25. The van der Waals surface area contributed by atoms with Crippen LogP contribution in [0.25, 0.3) is 0 Å². The van der Waals surface area contributed by atoms with Crippen LogP contribution < -0.4 is 0 Å². The molecular formula is C63H123IO12Si5. The van der Waals surface area contributed by atoms with Crippen LogP contribution in [0.4, 0.5) is 0 Å². The molecule has 0 aromatic heterocycles. The highest BCUT2D eigenvalue weighted by atomic mass is 127. The molecular weight excluding hydrogens is 1220 g/mol. The van der Waals surface area contributed by atoms with Crippen molar-refractivity contribution in [2.45, 2.75) is 339 Å². The van der Waals surface area contributed by atoms with Crippen LogP contribution in [0.15, 0.2) is 22.3 Å². The normalized spacial score (nSPS) is 30.9. The monoisotopic (exact) mass is 1340 g/mol. The lowest BCUT2D eigenvalue weighted by atomic mass is 9.81. The van der Waals surface area contributed by atoms with E-state index in [9.17, 15) is 5.11 Å². The van der Waals surface area contributed by atoms with Gasteiger partial charge in [-0.3, -0.25) is 4.79 Å². The molecule has 474 valence electrons. The van der Waals surface area contributed by atoms with E-state index >= 15 is 4.79 Å². The second-order valence-corrected chi connectivity index (χ2v) is 57.2. The van der Waals surface area contributed by atoms with Gasteiger partial charge in [0.1, 0.15) is 30.2 Å². The summed E-state index contributed by atoms with van der Waals surface area (Å²) in [5.41, 5.74) is 1.05. The molecule has 4 rings (SSSR count). The van der Waals surface area contributed by atoms with Crippen LogP contribution >= 0.6 is 22.6 Å². The van der Waals surface area contributed by atoms with Gasteiger partial charge in [-0.1, -0.05) is 140 Å². The minimum Gasteiger partial charge on any atom is -0.414 e. The Hall–Kier alpha value is 0.524. The van der Waals surface area contributed by atoms with Crippen molar-refractivity contribution in [3.05, 3.63) is 22.3 Å². The maximum Gasteiger partial charge on any atom is 0.193 e. The van der Waals surface area contributed by atoms with Gasteiger partial charge in [-0.15, -0.1) is 0 Å². The molecule has 12 nitrogen and oxygen atoms in total. The first-order valence-electron chi connectivity index (χ1n) is 31.2. The zero-order valence-corrected chi connectivity index (χ0v) is 63.8. The van der Waals surface area contributed by atoms with Gasteiger partial charge in [0.25, 0.3) is 0 Å². The highest BCUT2D eigenvalue weighted by molar-refractivity contribution is 14.1. The van der Waals surface area contributed by atoms with E-state index < -0.39 is 66.0 Å². The molecule has 4 unspecified atom stereocenters. The predicted molar refractivity (Wildman–Crippen MR) is 355 cm³/mol. The van der Waals surface area contributed by atoms with Crippen molar-refractivity contribution < 1.29 is 55.7 Å². The summed E-state index contributed by atoms with van der Waals surface area (Å²) < 4.78 is 74.6. The third-order valence-electron chi connectivity index (χ3n) is 21.2. The van der Waals surface area contributed by atoms with Crippen LogP contribution in [0.5, 0.6) is 0 Å². The van der Waals surface area contributed by atoms with Gasteiger partial charge in [0.15, 0.2) is 41.6 Å². The number of ether oxygens (including phenoxy) is 5. The van der Waals surface area contributed by atoms with Gasteiger partial charge in [-0.2, -0.15) is 0 Å². The first-order chi connectivity index (χ1) is 36.6. The summed E-state index contributed by atoms with van der Waals surface area (Å²) in [6, 6.07) is 0. The molecule has 4 heterocycles. The quantitative estimate of drug-likeness (QED) is 0.0531. The first kappa shape index (κ1) is 74.0. The molecule has 0 saturated carbocycles. The maximum atomic E-state index is 15.2. The molecule has 4 saturated heterocycles. The molecule has 0 bridgehead atoms. The SMILES string of the molecule is C=C1[C@H](C)C[C@H](CCCO)O[C@@H]1C[C@@H]1O[C@H](CC(CO[Si](C)(C)C(C)(C)C)O[Si](C)(C)C(C)(C)C)[C@H](OC)[C@H]1CC(=O)C[C@H]1CC[C@@H]2O[C@@H](C(/C=C/I)O[Si](C)(C)C(C)(C)C)C(O[Si](C)(C)C(C)(C)C)C(O[Si](C)(C)C(C)(C)C)[C@H]2O1. The van der Waals surface area contributed by atoms with Gasteiger partial charge in [0.2, 0.25) is 0 Å². The number of carbonyl (C=O) groups excluding carboxylic acids is 1. The first-order valence-corrected chi connectivity index (χ1v) is 47.0. The van der Waals surface area contributed by atoms with Crippen molar-refractivity contribution in [2.24, 2.45) is 11.8 Å². The van der Waals surface area contributed by atoms with Crippen molar-refractivity contribution in [1.29, 1.82) is 0 Å². The molecule has 0 aliphatic carbocycles. The van der Waals surface area contributed by atoms with E-state index in [0.29, 0.717) is 38.7 Å². The number of aliphatic hydroxyl groups is 1. The van der Waals surface area contributed by atoms with Crippen molar-refractivity contribution in [3.8, 4) is 0 Å². The number of aliphatic hydroxyl groups excluding tert-OH is 1. The average Bonchev–Trinajstić information content (AvgIpc) is 3.61. The second kappa shape index (κ2) is 28.1. The second-order valence-electron chi connectivity index (χ2n) is 32.7. The molecule has 0 spiro atoms. The molecule has 0 amide bonds. The maximum absolute atomic E-state index is 15.2. The minimum absolute atomic E-state index is 0.00833. The zero-order valence-electron chi connectivity index (χ0n) is 56.6. The largest absolute Gasteiger partial charge is 0.414 e. The lowest BCUT2D eigenvalue weighted by Crippen LogP contribution is -2.69. The van der Waals surface area contributed by atoms with Crippen molar-refractivity contribution in [1.82, 2.24) is 0 Å². The number of methoxy groups -OCH3 is 1. The van der Waals surface area contributed by atoms with Crippen LogP contribution in [0, 0.1) is 11.8 Å². The number of hydrogen-bond donors (Lipinski definition) is 1. The molecule has 4 aliphatic heterocycles. The van der Waals surface area contributed by atoms with Gasteiger partial charge in [0.05, 0.1) is 61.5 Å². The van der Waals surface area contributed by atoms with Gasteiger partial charge >= 0.3 is 0 Å². The Bertz CT molecular complexity index is 2050. The van der Waals surface area contributed by atoms with E-state index in [4.69, 9.17) is 45.8 Å². The number of halogens is 1. The molecule has 0 aromatic rings. The van der Waals surface area contributed by atoms with E-state index in [2.05, 4.69) is 216 Å². The van der Waals surface area contributed by atoms with Crippen LogP contribution in [0.1, 0.15) is 169 Å². The van der Waals surface area contributed by atoms with Crippen LogP contribution in [0.2, 0.25) is 90.7 Å². The third-order valence-corrected chi connectivity index (χ3v) is 44.1. The number of ketones is 1. The Morgan fingerprint density at radius 1 is 0.679 bits per heavy atom. The van der Waals surface area contributed by atoms with Gasteiger partial charge in [-0.25, -0.2) is 0 Å². The summed E-state index contributed by atoms with van der Waals surface area (Å²) in [6.45, 7) is 64.8. The summed E-state index contributed by atoms with van der Waals surface area (Å²) in [6.07, 6.45) is 3.06. The molecule has 15 atom stereocenters. The van der Waals surface area contributed by atoms with Crippen molar-refractivity contribution >= 4 is 70.0 Å². The standard InChI is InChI=1S/C63H123IO12Si5/c1-42-36-45(30-29-35-65)69-51(43(42)2)40-52-48(54(67-18)53(71-52)39-47(73-78(21,22)60(6,7)8)41-68-77(19,20)59(3,4)5)38-44(66)37-46-31-32-49-55(70-46)57(75-80(25,26)62(12,13)14)58(76-81(27,28)63(15,16)17)56(72-49)50(33-34-64)74-79(23,24)61(9,10)11/h33-34,42,45-58,65H,2,29-32,35-41H2,1,3-28H3/b34-33+/t42-,45+,46-,47?,48+,49+,50?,51-,52+,53-,54-,55+,56+,57?,58?/m1/s1. The highest BCUT2D eigenvalue weighted by Gasteiger charge is 2.58. The Labute approximate surface area is 515 Å². The Morgan fingerprint density at radius 2 is 1.21 bits per heavy atom. The topological polar surface area (TPSA) is 130 Å². The zero-order chi connectivity index (χ0) is 62.1. The fourth-order valence-electron chi connectivity index (χ4n) is 10.7. The molecule has 0 aromatic carbocycles. The van der Waals surface area contributed by atoms with E-state index in [1.807, 2.05) is 0 Å². The van der Waals surface area contributed by atoms with E-state index in [0.717, 1.165) is 18.4 Å². The molecule has 0 radical (unpaired) electrons. The fraction of sp³-hybridized carbons (Fsp3) is 0.921. The summed E-state index contributed by atoms with van der Waals surface area (Å²) in [5, 5.41) is 9.57. The number of Topliss-reactive ketones (excluding diaryl/α,β-unsaturated/α-hetero) is 1. The lowest BCUT2D eigenvalue weighted by Gasteiger charge is -2.56. The van der Waals surface area contributed by atoms with Crippen LogP contribution in [-0.4, -0.2) is 152 Å². The number of fused-ring (bicyclic) bond motifs is 1. The van der Waals surface area contributed by atoms with Crippen molar-refractivity contribution in [3.63, 3.8) is 0 Å². The van der Waals surface area contributed by atoms with E-state index in [1.165, 1.54) is 0 Å². The van der Waals surface area contributed by atoms with Gasteiger partial charge in [-0.05, 0) is 144 Å². The Balaban J connectivity index is 1.77. The minimum atomic E-state index is -2.48. The summed E-state index contributed by atoms with van der Waals surface area (Å²) >= 11 is 2.32. The fourth-order valence-corrected chi connectivity index (χ4v) is 17.3. The van der Waals surface area contributed by atoms with E-state index in [1.54, 1.807) is 7.11 Å². The molecule has 4 aliphatic rings. The third kappa shape index (κ3) is 19.0. The molecule has 18 heteroatoms. The number of carbonyl (C=O) groups is 1. The highest BCUT2D eigenvalue weighted by Crippen LogP contribution is 2.49. The summed E-state index contributed by atoms with van der Waals surface area (Å²) in [5.74, 6) is 0.106. The number of hydrogen-bond acceptors (Lipinski definition) is 12. The summed E-state index contributed by atoms with van der Waals surface area (Å²) in [4.78, 5) is 15.2. The molecule has 81 heavy (non-hydrogen) atoms. The van der Waals surface area contributed by atoms with Gasteiger partial charge in [0, 0.05) is 45.3 Å². The predicted octanol–water partition coefficient (Wildman–Crippen LogP) is 16.5. The molecule has 1 N–H and O–H groups in total. The average molecular weight is 1340 g/mol. The Morgan fingerprint density at radius 3 is 1.72 bits per heavy atom. The lowest BCUT2D eigenvalue weighted by molar-refractivity contribution is -0.266. The van der Waals surface area contributed by atoms with Crippen LogP contribution in [0.3, 0.4) is 0 Å². The summed E-state index contributed by atoms with van der Waals surface area (Å²) in [7, 11) is -9.92. The van der Waals surface area contributed by atoms with Gasteiger partial charge < -0.3 is 50.9 Å². The Kier molecular flexibility index (Phi) is 25.7.